The fraction of sp³-hybridized carbons (Fsp3) is 0.667. The largest absolute Gasteiger partial charge is 0.415 e. The van der Waals surface area contributed by atoms with Crippen LogP contribution in [0.4, 0.5) is 13.2 Å². The maximum atomic E-state index is 11.7. The van der Waals surface area contributed by atoms with Crippen molar-refractivity contribution in [3.05, 3.63) is 5.89 Å². The Labute approximate surface area is 82.1 Å². The molecule has 0 unspecified atom stereocenters. The number of halogens is 3. The maximum absolute atomic E-state index is 11.7. The lowest BCUT2D eigenvalue weighted by Gasteiger charge is -2.02. The number of nitrogens with two attached hydrogens (primary N) is 1. The molecular formula is C6H8F3N3OS. The molecule has 0 radical (unpaired) electrons. The van der Waals surface area contributed by atoms with Gasteiger partial charge in [-0.1, -0.05) is 11.8 Å². The predicted molar refractivity (Wildman–Crippen MR) is 43.6 cm³/mol. The molecule has 0 aliphatic heterocycles. The lowest BCUT2D eigenvalue weighted by Crippen LogP contribution is -2.07. The number of rotatable bonds is 4. The van der Waals surface area contributed by atoms with Gasteiger partial charge in [0.2, 0.25) is 5.89 Å². The summed E-state index contributed by atoms with van der Waals surface area (Å²) in [5.41, 5.74) is 5.18. The first-order chi connectivity index (χ1) is 6.51. The van der Waals surface area contributed by atoms with E-state index in [4.69, 9.17) is 10.2 Å². The summed E-state index contributed by atoms with van der Waals surface area (Å²) in [6.45, 7) is 0.0901. The Morgan fingerprint density at radius 3 is 2.57 bits per heavy atom. The first-order valence-corrected chi connectivity index (χ1v) is 4.72. The molecule has 0 saturated heterocycles. The van der Waals surface area contributed by atoms with E-state index >= 15 is 0 Å². The molecule has 80 valence electrons. The third-order valence-corrected chi connectivity index (χ3v) is 2.05. The summed E-state index contributed by atoms with van der Waals surface area (Å²) in [4.78, 5) is 0. The van der Waals surface area contributed by atoms with Gasteiger partial charge in [0.05, 0.1) is 13.0 Å². The summed E-state index contributed by atoms with van der Waals surface area (Å²) in [5.74, 6) is 0.0925. The van der Waals surface area contributed by atoms with Gasteiger partial charge < -0.3 is 10.2 Å². The van der Waals surface area contributed by atoms with E-state index in [1.165, 1.54) is 0 Å². The lowest BCUT2D eigenvalue weighted by molar-refractivity contribution is -0.129. The number of alkyl halides is 3. The SMILES string of the molecule is NCc1nnc(SCCC(F)(F)F)o1. The Morgan fingerprint density at radius 1 is 1.36 bits per heavy atom. The fourth-order valence-corrected chi connectivity index (χ4v) is 1.39. The summed E-state index contributed by atoms with van der Waals surface area (Å²) in [6.07, 6.45) is -5.03. The molecule has 8 heteroatoms. The minimum atomic E-state index is -4.15. The molecule has 0 saturated carbocycles. The topological polar surface area (TPSA) is 64.9 Å². The third-order valence-electron chi connectivity index (χ3n) is 1.23. The van der Waals surface area contributed by atoms with Gasteiger partial charge in [0.1, 0.15) is 0 Å². The summed E-state index contributed by atoms with van der Waals surface area (Å²) >= 11 is 0.868. The number of hydrogen-bond donors (Lipinski definition) is 1. The minimum absolute atomic E-state index is 0.0901. The van der Waals surface area contributed by atoms with Crippen molar-refractivity contribution < 1.29 is 17.6 Å². The van der Waals surface area contributed by atoms with Crippen molar-refractivity contribution in [1.82, 2.24) is 10.2 Å². The Morgan fingerprint density at radius 2 is 2.07 bits per heavy atom. The Bertz CT molecular complexity index is 288. The van der Waals surface area contributed by atoms with Gasteiger partial charge in [-0.05, 0) is 0 Å². The van der Waals surface area contributed by atoms with Gasteiger partial charge in [-0.3, -0.25) is 0 Å². The van der Waals surface area contributed by atoms with E-state index < -0.39 is 12.6 Å². The second-order valence-electron chi connectivity index (χ2n) is 2.38. The fourth-order valence-electron chi connectivity index (χ4n) is 0.633. The molecule has 0 aromatic carbocycles. The predicted octanol–water partition coefficient (Wildman–Crippen LogP) is 1.57. The quantitative estimate of drug-likeness (QED) is 0.791. The molecule has 0 fully saturated rings. The molecule has 4 nitrogen and oxygen atoms in total. The maximum Gasteiger partial charge on any atom is 0.389 e. The molecule has 0 amide bonds. The van der Waals surface area contributed by atoms with Crippen LogP contribution in [0.15, 0.2) is 9.64 Å². The highest BCUT2D eigenvalue weighted by Gasteiger charge is 2.26. The van der Waals surface area contributed by atoms with Gasteiger partial charge in [-0.15, -0.1) is 10.2 Å². The molecule has 1 rings (SSSR count). The van der Waals surface area contributed by atoms with Crippen molar-refractivity contribution in [2.75, 3.05) is 5.75 Å². The zero-order valence-electron chi connectivity index (χ0n) is 7.04. The van der Waals surface area contributed by atoms with E-state index in [0.717, 1.165) is 11.8 Å². The van der Waals surface area contributed by atoms with Crippen molar-refractivity contribution in [3.63, 3.8) is 0 Å². The molecule has 0 aliphatic carbocycles. The van der Waals surface area contributed by atoms with E-state index in [9.17, 15) is 13.2 Å². The number of nitrogens with zero attached hydrogens (tertiary/aromatic N) is 2. The van der Waals surface area contributed by atoms with Crippen LogP contribution >= 0.6 is 11.8 Å². The molecule has 0 bridgehead atoms. The molecule has 14 heavy (non-hydrogen) atoms. The number of aromatic nitrogens is 2. The molecule has 2 N–H and O–H groups in total. The van der Waals surface area contributed by atoms with Crippen LogP contribution in [0.25, 0.3) is 0 Å². The average molecular weight is 227 g/mol. The highest BCUT2D eigenvalue weighted by atomic mass is 32.2. The third kappa shape index (κ3) is 3.97. The van der Waals surface area contributed by atoms with Crippen LogP contribution in [-0.4, -0.2) is 22.1 Å². The van der Waals surface area contributed by atoms with E-state index in [-0.39, 0.29) is 23.4 Å². The number of hydrogen-bond acceptors (Lipinski definition) is 5. The normalized spacial score (nSPS) is 12.0. The second-order valence-corrected chi connectivity index (χ2v) is 3.43. The van der Waals surface area contributed by atoms with Crippen LogP contribution in [0, 0.1) is 0 Å². The highest BCUT2D eigenvalue weighted by molar-refractivity contribution is 7.99. The van der Waals surface area contributed by atoms with Crippen LogP contribution < -0.4 is 5.73 Å². The molecule has 1 heterocycles. The van der Waals surface area contributed by atoms with E-state index in [2.05, 4.69) is 10.2 Å². The zero-order valence-corrected chi connectivity index (χ0v) is 7.86. The van der Waals surface area contributed by atoms with Gasteiger partial charge in [0.25, 0.3) is 5.22 Å². The summed E-state index contributed by atoms with van der Waals surface area (Å²) in [7, 11) is 0. The lowest BCUT2D eigenvalue weighted by atomic mass is 10.5. The van der Waals surface area contributed by atoms with Crippen LogP contribution in [0.1, 0.15) is 12.3 Å². The van der Waals surface area contributed by atoms with Crippen molar-refractivity contribution in [1.29, 1.82) is 0 Å². The van der Waals surface area contributed by atoms with Gasteiger partial charge in [0, 0.05) is 5.75 Å². The van der Waals surface area contributed by atoms with Crippen molar-refractivity contribution in [2.45, 2.75) is 24.4 Å². The van der Waals surface area contributed by atoms with Crippen LogP contribution in [0.2, 0.25) is 0 Å². The molecule has 1 aromatic rings. The monoisotopic (exact) mass is 227 g/mol. The summed E-state index contributed by atoms with van der Waals surface area (Å²) in [6, 6.07) is 0. The van der Waals surface area contributed by atoms with Crippen molar-refractivity contribution in [2.24, 2.45) is 5.73 Å². The molecular weight excluding hydrogens is 219 g/mol. The average Bonchev–Trinajstić information content (AvgIpc) is 2.50. The summed E-state index contributed by atoms with van der Waals surface area (Å²) in [5, 5.41) is 7.13. The molecule has 0 aliphatic rings. The van der Waals surface area contributed by atoms with Gasteiger partial charge in [-0.25, -0.2) is 0 Å². The van der Waals surface area contributed by atoms with E-state index in [0.29, 0.717) is 0 Å². The second kappa shape index (κ2) is 4.65. The minimum Gasteiger partial charge on any atom is -0.415 e. The Balaban J connectivity index is 2.31. The van der Waals surface area contributed by atoms with Gasteiger partial charge >= 0.3 is 6.18 Å². The smallest absolute Gasteiger partial charge is 0.389 e. The van der Waals surface area contributed by atoms with E-state index in [1.54, 1.807) is 0 Å². The standard InChI is InChI=1S/C6H8F3N3OS/c7-6(8,9)1-2-14-5-12-11-4(3-10)13-5/h1-3,10H2. The molecule has 0 atom stereocenters. The van der Waals surface area contributed by atoms with Crippen molar-refractivity contribution in [3.8, 4) is 0 Å². The van der Waals surface area contributed by atoms with Gasteiger partial charge in [-0.2, -0.15) is 13.2 Å². The molecule has 1 aromatic heterocycles. The zero-order chi connectivity index (χ0) is 10.6. The first kappa shape index (κ1) is 11.3. The highest BCUT2D eigenvalue weighted by Crippen LogP contribution is 2.25. The summed E-state index contributed by atoms with van der Waals surface area (Å²) < 4.78 is 40.1. The molecule has 0 spiro atoms. The number of thioether (sulfide) groups is 1. The first-order valence-electron chi connectivity index (χ1n) is 3.73. The van der Waals surface area contributed by atoms with Crippen molar-refractivity contribution >= 4 is 11.8 Å². The Kier molecular flexibility index (Phi) is 3.76. The van der Waals surface area contributed by atoms with Crippen LogP contribution in [0.5, 0.6) is 0 Å². The Hall–Kier alpha value is -0.760. The van der Waals surface area contributed by atoms with Gasteiger partial charge in [0.15, 0.2) is 0 Å². The van der Waals surface area contributed by atoms with E-state index in [1.807, 2.05) is 0 Å². The van der Waals surface area contributed by atoms with Crippen LogP contribution in [-0.2, 0) is 6.54 Å². The van der Waals surface area contributed by atoms with Crippen LogP contribution in [0.3, 0.4) is 0 Å².